The van der Waals surface area contributed by atoms with Crippen LogP contribution in [0.2, 0.25) is 0 Å². The lowest BCUT2D eigenvalue weighted by atomic mass is 9.96. The summed E-state index contributed by atoms with van der Waals surface area (Å²) in [6, 6.07) is 20.9. The molecule has 2 atom stereocenters. The van der Waals surface area contributed by atoms with Gasteiger partial charge in [0, 0.05) is 29.3 Å². The maximum atomic E-state index is 11.4. The number of nitrogens with one attached hydrogen (secondary N) is 1. The van der Waals surface area contributed by atoms with Gasteiger partial charge in [0.2, 0.25) is 0 Å². The highest BCUT2D eigenvalue weighted by molar-refractivity contribution is 7.80. The zero-order valence-corrected chi connectivity index (χ0v) is 22.5. The summed E-state index contributed by atoms with van der Waals surface area (Å²) in [5.41, 5.74) is 6.91. The minimum atomic E-state index is -0.419. The number of nitro benzene ring substituents is 1. The zero-order chi connectivity index (χ0) is 27.0. The molecule has 2 aromatic heterocycles. The van der Waals surface area contributed by atoms with Crippen LogP contribution in [-0.4, -0.2) is 26.7 Å². The van der Waals surface area contributed by atoms with Crippen molar-refractivity contribution < 1.29 is 9.66 Å². The lowest BCUT2D eigenvalue weighted by Gasteiger charge is -2.28. The summed E-state index contributed by atoms with van der Waals surface area (Å²) in [4.78, 5) is 17.8. The van der Waals surface area contributed by atoms with Gasteiger partial charge in [-0.25, -0.2) is 0 Å². The molecule has 0 amide bonds. The minimum absolute atomic E-state index is 0.0180. The van der Waals surface area contributed by atoms with Gasteiger partial charge in [-0.15, -0.1) is 0 Å². The standard InChI is InChI=1S/C29H29N5O3S/c1-5-20-9-11-21(12-10-20)33-28(27(31-29(33)38)24-8-6-7-15-30-24)23-16-18(2)32(19(23)3)25-14-13-22(34(35)36)17-26(25)37-4/h6-17,27-28H,5H2,1-4H3,(H,31,38)/t27-,28+/m0/s1. The van der Waals surface area contributed by atoms with Crippen LogP contribution in [0.15, 0.2) is 72.9 Å². The molecule has 4 aromatic rings. The van der Waals surface area contributed by atoms with E-state index < -0.39 is 4.92 Å². The van der Waals surface area contributed by atoms with Gasteiger partial charge >= 0.3 is 0 Å². The third-order valence-electron chi connectivity index (χ3n) is 7.12. The smallest absolute Gasteiger partial charge is 0.273 e. The van der Waals surface area contributed by atoms with Crippen LogP contribution in [0.3, 0.4) is 0 Å². The van der Waals surface area contributed by atoms with Crippen LogP contribution in [0, 0.1) is 24.0 Å². The van der Waals surface area contributed by atoms with Gasteiger partial charge in [-0.1, -0.05) is 25.1 Å². The van der Waals surface area contributed by atoms with Crippen molar-refractivity contribution in [2.75, 3.05) is 12.0 Å². The number of aryl methyl sites for hydroxylation is 2. The molecule has 0 bridgehead atoms. The van der Waals surface area contributed by atoms with E-state index in [1.165, 1.54) is 24.8 Å². The number of ether oxygens (including phenoxy) is 1. The first kappa shape index (κ1) is 25.4. The summed E-state index contributed by atoms with van der Waals surface area (Å²) in [6.45, 7) is 6.21. The highest BCUT2D eigenvalue weighted by Gasteiger charge is 2.42. The van der Waals surface area contributed by atoms with Gasteiger partial charge in [0.05, 0.1) is 41.6 Å². The molecule has 1 aliphatic rings. The van der Waals surface area contributed by atoms with Crippen LogP contribution < -0.4 is 15.0 Å². The second-order valence-electron chi connectivity index (χ2n) is 9.29. The van der Waals surface area contributed by atoms with E-state index in [1.807, 2.05) is 25.1 Å². The Morgan fingerprint density at radius 1 is 1.11 bits per heavy atom. The van der Waals surface area contributed by atoms with E-state index in [0.717, 1.165) is 40.4 Å². The van der Waals surface area contributed by atoms with Crippen molar-refractivity contribution in [3.8, 4) is 11.4 Å². The Bertz CT molecular complexity index is 1500. The van der Waals surface area contributed by atoms with Crippen LogP contribution >= 0.6 is 12.2 Å². The van der Waals surface area contributed by atoms with E-state index in [0.29, 0.717) is 10.9 Å². The number of hydrogen-bond donors (Lipinski definition) is 1. The third kappa shape index (κ3) is 4.39. The van der Waals surface area contributed by atoms with Gasteiger partial charge in [-0.2, -0.15) is 0 Å². The number of rotatable bonds is 7. The van der Waals surface area contributed by atoms with Crippen LogP contribution in [0.25, 0.3) is 5.69 Å². The SMILES string of the molecule is CCc1ccc(N2C(=S)N[C@@H](c3ccccn3)[C@H]2c2cc(C)n(-c3ccc([N+](=O)[O-])cc3OC)c2C)cc1. The van der Waals surface area contributed by atoms with Crippen LogP contribution in [0.1, 0.15) is 47.2 Å². The lowest BCUT2D eigenvalue weighted by molar-refractivity contribution is -0.384. The Hall–Kier alpha value is -4.24. The molecule has 1 N–H and O–H groups in total. The normalized spacial score (nSPS) is 16.9. The lowest BCUT2D eigenvalue weighted by Crippen LogP contribution is -2.29. The molecule has 8 nitrogen and oxygen atoms in total. The molecule has 0 aliphatic carbocycles. The summed E-state index contributed by atoms with van der Waals surface area (Å²) < 4.78 is 7.65. The van der Waals surface area contributed by atoms with Crippen LogP contribution in [-0.2, 0) is 6.42 Å². The second-order valence-corrected chi connectivity index (χ2v) is 9.68. The number of hydrogen-bond acceptors (Lipinski definition) is 5. The van der Waals surface area contributed by atoms with E-state index in [4.69, 9.17) is 17.0 Å². The third-order valence-corrected chi connectivity index (χ3v) is 7.44. The highest BCUT2D eigenvalue weighted by Crippen LogP contribution is 2.44. The molecule has 0 unspecified atom stereocenters. The summed E-state index contributed by atoms with van der Waals surface area (Å²) in [7, 11) is 1.52. The number of thiocarbonyl (C=S) groups is 1. The molecule has 9 heteroatoms. The second kappa shape index (κ2) is 10.3. The molecular weight excluding hydrogens is 498 g/mol. The summed E-state index contributed by atoms with van der Waals surface area (Å²) in [6.07, 6.45) is 2.75. The molecule has 38 heavy (non-hydrogen) atoms. The topological polar surface area (TPSA) is 85.5 Å². The molecule has 0 spiro atoms. The number of methoxy groups -OCH3 is 1. The van der Waals surface area contributed by atoms with Crippen molar-refractivity contribution in [3.05, 3.63) is 111 Å². The number of pyridine rings is 1. The quantitative estimate of drug-likeness (QED) is 0.175. The number of nitro groups is 1. The molecule has 2 aromatic carbocycles. The minimum Gasteiger partial charge on any atom is -0.494 e. The highest BCUT2D eigenvalue weighted by atomic mass is 32.1. The number of nitrogens with zero attached hydrogens (tertiary/aromatic N) is 4. The first-order valence-electron chi connectivity index (χ1n) is 12.4. The average Bonchev–Trinajstić information content (AvgIpc) is 3.43. The zero-order valence-electron chi connectivity index (χ0n) is 21.7. The number of aromatic nitrogens is 2. The van der Waals surface area contributed by atoms with Crippen molar-refractivity contribution in [1.29, 1.82) is 0 Å². The van der Waals surface area contributed by atoms with Crippen molar-refractivity contribution in [2.24, 2.45) is 0 Å². The van der Waals surface area contributed by atoms with E-state index in [2.05, 4.69) is 63.9 Å². The number of benzene rings is 2. The first-order chi connectivity index (χ1) is 18.3. The van der Waals surface area contributed by atoms with Crippen LogP contribution in [0.5, 0.6) is 5.75 Å². The van der Waals surface area contributed by atoms with Gasteiger partial charge in [0.25, 0.3) is 5.69 Å². The fourth-order valence-electron chi connectivity index (χ4n) is 5.26. The Morgan fingerprint density at radius 2 is 1.87 bits per heavy atom. The summed E-state index contributed by atoms with van der Waals surface area (Å²) in [5, 5.41) is 15.5. The molecule has 194 valence electrons. The fourth-order valence-corrected chi connectivity index (χ4v) is 5.61. The molecule has 0 radical (unpaired) electrons. The fraction of sp³-hybridized carbons (Fsp3) is 0.241. The van der Waals surface area contributed by atoms with Crippen molar-refractivity contribution in [3.63, 3.8) is 0 Å². The van der Waals surface area contributed by atoms with Gasteiger partial charge in [0.1, 0.15) is 5.75 Å². The molecular formula is C29H29N5O3S. The Labute approximate surface area is 227 Å². The van der Waals surface area contributed by atoms with Gasteiger partial charge < -0.3 is 19.5 Å². The molecule has 1 saturated heterocycles. The Morgan fingerprint density at radius 3 is 2.50 bits per heavy atom. The maximum absolute atomic E-state index is 11.4. The summed E-state index contributed by atoms with van der Waals surface area (Å²) >= 11 is 5.89. The maximum Gasteiger partial charge on any atom is 0.273 e. The van der Waals surface area contributed by atoms with E-state index in [1.54, 1.807) is 12.3 Å². The van der Waals surface area contributed by atoms with Crippen molar-refractivity contribution >= 4 is 28.7 Å². The molecule has 3 heterocycles. The predicted octanol–water partition coefficient (Wildman–Crippen LogP) is 6.15. The molecule has 1 fully saturated rings. The average molecular weight is 528 g/mol. The van der Waals surface area contributed by atoms with Crippen molar-refractivity contribution in [1.82, 2.24) is 14.9 Å². The Kier molecular flexibility index (Phi) is 6.86. The molecule has 1 aliphatic heterocycles. The van der Waals surface area contributed by atoms with Gasteiger partial charge in [-0.3, -0.25) is 15.1 Å². The van der Waals surface area contributed by atoms with E-state index in [9.17, 15) is 10.1 Å². The largest absolute Gasteiger partial charge is 0.494 e. The van der Waals surface area contributed by atoms with Crippen LogP contribution in [0.4, 0.5) is 11.4 Å². The van der Waals surface area contributed by atoms with Gasteiger partial charge in [0.15, 0.2) is 5.11 Å². The Balaban J connectivity index is 1.67. The van der Waals surface area contributed by atoms with E-state index in [-0.39, 0.29) is 17.8 Å². The monoisotopic (exact) mass is 527 g/mol. The number of anilines is 1. The summed E-state index contributed by atoms with van der Waals surface area (Å²) in [5.74, 6) is 0.431. The van der Waals surface area contributed by atoms with Crippen molar-refractivity contribution in [2.45, 2.75) is 39.3 Å². The van der Waals surface area contributed by atoms with E-state index >= 15 is 0 Å². The predicted molar refractivity (Wildman–Crippen MR) is 152 cm³/mol. The molecule has 5 rings (SSSR count). The van der Waals surface area contributed by atoms with Gasteiger partial charge in [-0.05, 0) is 80.0 Å². The number of non-ortho nitro benzene ring substituents is 1. The first-order valence-corrected chi connectivity index (χ1v) is 12.9. The molecule has 0 saturated carbocycles.